The second kappa shape index (κ2) is 6.02. The second-order valence-corrected chi connectivity index (χ2v) is 6.09. The van der Waals surface area contributed by atoms with Crippen molar-refractivity contribution in [1.29, 1.82) is 0 Å². The fourth-order valence-electron chi connectivity index (χ4n) is 3.08. The molecule has 0 aliphatic rings. The molecule has 0 radical (unpaired) electrons. The van der Waals surface area contributed by atoms with Crippen molar-refractivity contribution in [3.8, 4) is 16.9 Å². The molecule has 1 aromatic heterocycles. The minimum absolute atomic E-state index is 0.0236. The molecule has 0 saturated heterocycles. The number of hydrogen-bond donors (Lipinski definition) is 0. The van der Waals surface area contributed by atoms with Crippen molar-refractivity contribution < 1.29 is 4.39 Å². The van der Waals surface area contributed by atoms with Crippen molar-refractivity contribution in [1.82, 2.24) is 4.57 Å². The van der Waals surface area contributed by atoms with Crippen LogP contribution in [0.1, 0.15) is 5.56 Å². The lowest BCUT2D eigenvalue weighted by Gasteiger charge is -2.17. The summed E-state index contributed by atoms with van der Waals surface area (Å²) < 4.78 is 15.4. The summed E-state index contributed by atoms with van der Waals surface area (Å²) in [4.78, 5) is 12.6. The summed E-state index contributed by atoms with van der Waals surface area (Å²) in [6.45, 7) is 2.03. The zero-order valence-corrected chi connectivity index (χ0v) is 13.7. The number of hydrogen-bond acceptors (Lipinski definition) is 1. The highest BCUT2D eigenvalue weighted by molar-refractivity contribution is 5.84. The fourth-order valence-corrected chi connectivity index (χ4v) is 3.08. The van der Waals surface area contributed by atoms with Gasteiger partial charge in [-0.3, -0.25) is 4.79 Å². The quantitative estimate of drug-likeness (QED) is 0.501. The van der Waals surface area contributed by atoms with E-state index in [0.717, 1.165) is 28.0 Å². The van der Waals surface area contributed by atoms with Gasteiger partial charge in [0.05, 0.1) is 11.2 Å². The first-order valence-electron chi connectivity index (χ1n) is 8.11. The first kappa shape index (κ1) is 15.3. The maximum atomic E-state index is 13.4. The summed E-state index contributed by atoms with van der Waals surface area (Å²) in [5.41, 5.74) is 4.48. The van der Waals surface area contributed by atoms with Crippen LogP contribution in [-0.4, -0.2) is 4.57 Å². The van der Waals surface area contributed by atoms with Crippen molar-refractivity contribution in [2.24, 2.45) is 0 Å². The summed E-state index contributed by atoms with van der Waals surface area (Å²) in [5, 5.41) is 0.641. The van der Waals surface area contributed by atoms with E-state index in [4.69, 9.17) is 0 Å². The lowest BCUT2D eigenvalue weighted by atomic mass is 10.1. The number of rotatable bonds is 2. The molecule has 0 saturated carbocycles. The molecule has 0 aliphatic carbocycles. The van der Waals surface area contributed by atoms with Crippen LogP contribution in [-0.2, 0) is 0 Å². The highest BCUT2D eigenvalue weighted by atomic mass is 19.1. The highest BCUT2D eigenvalue weighted by Gasteiger charge is 2.12. The Balaban J connectivity index is 2.11. The molecule has 0 N–H and O–H groups in total. The predicted octanol–water partition coefficient (Wildman–Crippen LogP) is 5.11. The zero-order valence-electron chi connectivity index (χ0n) is 13.7. The van der Waals surface area contributed by atoms with Gasteiger partial charge in [0, 0.05) is 17.1 Å². The Morgan fingerprint density at radius 1 is 0.840 bits per heavy atom. The van der Waals surface area contributed by atoms with Crippen molar-refractivity contribution in [2.45, 2.75) is 6.92 Å². The molecule has 0 atom stereocenters. The Morgan fingerprint density at radius 3 is 2.24 bits per heavy atom. The van der Waals surface area contributed by atoms with Crippen LogP contribution in [0, 0.1) is 12.7 Å². The zero-order chi connectivity index (χ0) is 17.4. The van der Waals surface area contributed by atoms with E-state index in [1.807, 2.05) is 60.0 Å². The van der Waals surface area contributed by atoms with Crippen LogP contribution >= 0.6 is 0 Å². The van der Waals surface area contributed by atoms with Crippen molar-refractivity contribution in [3.63, 3.8) is 0 Å². The van der Waals surface area contributed by atoms with Gasteiger partial charge in [-0.25, -0.2) is 4.39 Å². The van der Waals surface area contributed by atoms with Gasteiger partial charge in [0.1, 0.15) is 5.82 Å². The molecule has 0 unspecified atom stereocenters. The maximum absolute atomic E-state index is 13.4. The Kier molecular flexibility index (Phi) is 3.69. The third kappa shape index (κ3) is 2.74. The van der Waals surface area contributed by atoms with E-state index in [9.17, 15) is 9.18 Å². The summed E-state index contributed by atoms with van der Waals surface area (Å²) in [6, 6.07) is 23.5. The van der Waals surface area contributed by atoms with Crippen LogP contribution in [0.5, 0.6) is 0 Å². The van der Waals surface area contributed by atoms with Gasteiger partial charge in [-0.2, -0.15) is 0 Å². The van der Waals surface area contributed by atoms with Crippen molar-refractivity contribution in [3.05, 3.63) is 100 Å². The van der Waals surface area contributed by atoms with Gasteiger partial charge in [-0.15, -0.1) is 0 Å². The molecule has 1 heterocycles. The van der Waals surface area contributed by atoms with Gasteiger partial charge < -0.3 is 4.57 Å². The minimum atomic E-state index is -0.286. The van der Waals surface area contributed by atoms with E-state index in [1.165, 1.54) is 12.1 Å². The average Bonchev–Trinajstić information content (AvgIpc) is 2.63. The molecule has 122 valence electrons. The lowest BCUT2D eigenvalue weighted by molar-refractivity contribution is 0.627. The van der Waals surface area contributed by atoms with Crippen molar-refractivity contribution >= 4 is 10.9 Å². The summed E-state index contributed by atoms with van der Waals surface area (Å²) in [6.07, 6.45) is 0. The predicted molar refractivity (Wildman–Crippen MR) is 99.7 cm³/mol. The Morgan fingerprint density at radius 2 is 1.52 bits per heavy atom. The largest absolute Gasteiger partial charge is 0.309 e. The molecule has 0 fully saturated rings. The summed E-state index contributed by atoms with van der Waals surface area (Å²) >= 11 is 0. The molecule has 4 rings (SSSR count). The van der Waals surface area contributed by atoms with Crippen LogP contribution in [0.15, 0.2) is 83.7 Å². The molecular formula is C22H16FNO. The first-order valence-corrected chi connectivity index (χ1v) is 8.11. The van der Waals surface area contributed by atoms with Gasteiger partial charge in [-0.05, 0) is 48.9 Å². The normalized spacial score (nSPS) is 11.0. The first-order chi connectivity index (χ1) is 12.1. The molecule has 0 spiro atoms. The third-order valence-electron chi connectivity index (χ3n) is 4.35. The maximum Gasteiger partial charge on any atom is 0.190 e. The van der Waals surface area contributed by atoms with Gasteiger partial charge in [0.2, 0.25) is 0 Å². The van der Waals surface area contributed by atoms with Crippen LogP contribution in [0.4, 0.5) is 4.39 Å². The number of nitrogens with zero attached hydrogens (tertiary/aromatic N) is 1. The van der Waals surface area contributed by atoms with E-state index < -0.39 is 0 Å². The summed E-state index contributed by atoms with van der Waals surface area (Å²) in [5.74, 6) is -0.286. The summed E-state index contributed by atoms with van der Waals surface area (Å²) in [7, 11) is 0. The average molecular weight is 329 g/mol. The Hall–Kier alpha value is -3.20. The lowest BCUT2D eigenvalue weighted by Crippen LogP contribution is -2.10. The number of fused-ring (bicyclic) bond motifs is 1. The number of pyridine rings is 1. The smallest absolute Gasteiger partial charge is 0.190 e. The third-order valence-corrected chi connectivity index (χ3v) is 4.35. The molecular weight excluding hydrogens is 313 g/mol. The van der Waals surface area contributed by atoms with E-state index in [0.29, 0.717) is 5.39 Å². The number of aromatic nitrogens is 1. The van der Waals surface area contributed by atoms with E-state index in [2.05, 4.69) is 0 Å². The monoisotopic (exact) mass is 329 g/mol. The van der Waals surface area contributed by atoms with Gasteiger partial charge in [0.15, 0.2) is 5.43 Å². The van der Waals surface area contributed by atoms with E-state index in [-0.39, 0.29) is 11.2 Å². The van der Waals surface area contributed by atoms with E-state index in [1.54, 1.807) is 18.2 Å². The van der Waals surface area contributed by atoms with Crippen LogP contribution in [0.2, 0.25) is 0 Å². The van der Waals surface area contributed by atoms with E-state index >= 15 is 0 Å². The molecule has 3 heteroatoms. The highest BCUT2D eigenvalue weighted by Crippen LogP contribution is 2.27. The second-order valence-electron chi connectivity index (χ2n) is 6.09. The number of para-hydroxylation sites is 1. The number of benzene rings is 3. The minimum Gasteiger partial charge on any atom is -0.309 e. The molecule has 2 nitrogen and oxygen atoms in total. The number of halogens is 1. The van der Waals surface area contributed by atoms with Crippen LogP contribution in [0.25, 0.3) is 27.8 Å². The SMILES string of the molecule is Cc1ccc(-c2cc(=O)c3ccccc3n2-c2ccc(F)cc2)cc1. The number of aryl methyl sites for hydroxylation is 1. The molecule has 0 amide bonds. The van der Waals surface area contributed by atoms with Crippen molar-refractivity contribution in [2.75, 3.05) is 0 Å². The fraction of sp³-hybridized carbons (Fsp3) is 0.0455. The molecule has 3 aromatic carbocycles. The van der Waals surface area contributed by atoms with Crippen LogP contribution < -0.4 is 5.43 Å². The Labute approximate surface area is 144 Å². The molecule has 25 heavy (non-hydrogen) atoms. The topological polar surface area (TPSA) is 22.0 Å². The van der Waals surface area contributed by atoms with Gasteiger partial charge in [-0.1, -0.05) is 42.0 Å². The standard InChI is InChI=1S/C22H16FNO/c1-15-6-8-16(9-7-15)21-14-22(25)19-4-2-3-5-20(19)24(21)18-12-10-17(23)11-13-18/h2-14H,1H3. The molecule has 4 aromatic rings. The van der Waals surface area contributed by atoms with Gasteiger partial charge in [0.25, 0.3) is 0 Å². The van der Waals surface area contributed by atoms with Crippen LogP contribution in [0.3, 0.4) is 0 Å². The molecule has 0 aliphatic heterocycles. The van der Waals surface area contributed by atoms with Gasteiger partial charge >= 0.3 is 0 Å². The molecule has 0 bridgehead atoms. The Bertz CT molecular complexity index is 1110.